The van der Waals surface area contributed by atoms with Crippen molar-refractivity contribution in [2.75, 3.05) is 33.0 Å². The number of hydrogen-bond acceptors (Lipinski definition) is 4. The number of ether oxygens (including phenoxy) is 4. The van der Waals surface area contributed by atoms with E-state index < -0.39 is 0 Å². The van der Waals surface area contributed by atoms with Crippen LogP contribution in [0.15, 0.2) is 0 Å². The lowest BCUT2D eigenvalue weighted by atomic mass is 9.76. The van der Waals surface area contributed by atoms with Crippen LogP contribution >= 0.6 is 0 Å². The molecule has 3 aliphatic carbocycles. The summed E-state index contributed by atoms with van der Waals surface area (Å²) in [5.41, 5.74) is 0. The van der Waals surface area contributed by atoms with Crippen molar-refractivity contribution in [1.82, 2.24) is 0 Å². The van der Waals surface area contributed by atoms with Gasteiger partial charge in [-0.3, -0.25) is 0 Å². The second-order valence-electron chi connectivity index (χ2n) is 7.86. The predicted molar refractivity (Wildman–Crippen MR) is 76.0 cm³/mol. The summed E-state index contributed by atoms with van der Waals surface area (Å²) >= 11 is 0. The highest BCUT2D eigenvalue weighted by Crippen LogP contribution is 2.61. The fraction of sp³-hybridized carbons (Fsp3) is 1.00. The van der Waals surface area contributed by atoms with E-state index in [1.165, 1.54) is 25.7 Å². The van der Waals surface area contributed by atoms with Gasteiger partial charge in [-0.15, -0.1) is 0 Å². The zero-order chi connectivity index (χ0) is 13.8. The zero-order valence-corrected chi connectivity index (χ0v) is 12.6. The van der Waals surface area contributed by atoms with Crippen LogP contribution in [0.3, 0.4) is 0 Å². The van der Waals surface area contributed by atoms with E-state index in [1.807, 2.05) is 0 Å². The molecule has 0 N–H and O–H groups in total. The summed E-state index contributed by atoms with van der Waals surface area (Å²) in [5, 5.41) is 0. The molecule has 0 amide bonds. The molecule has 4 nitrogen and oxygen atoms in total. The fourth-order valence-electron chi connectivity index (χ4n) is 5.41. The molecule has 0 aromatic heterocycles. The molecule has 8 atom stereocenters. The zero-order valence-electron chi connectivity index (χ0n) is 12.6. The molecule has 0 radical (unpaired) electrons. The van der Waals surface area contributed by atoms with Crippen molar-refractivity contribution >= 4 is 0 Å². The lowest BCUT2D eigenvalue weighted by Gasteiger charge is -2.31. The highest BCUT2D eigenvalue weighted by molar-refractivity contribution is 5.05. The molecule has 5 aliphatic rings. The van der Waals surface area contributed by atoms with Gasteiger partial charge in [0.25, 0.3) is 0 Å². The third-order valence-corrected chi connectivity index (χ3v) is 6.52. The van der Waals surface area contributed by atoms with Crippen molar-refractivity contribution in [3.05, 3.63) is 0 Å². The van der Waals surface area contributed by atoms with Crippen LogP contribution in [-0.4, -0.2) is 51.3 Å². The van der Waals surface area contributed by atoms with Gasteiger partial charge in [0, 0.05) is 6.61 Å². The lowest BCUT2D eigenvalue weighted by molar-refractivity contribution is 0.0365. The Morgan fingerprint density at radius 2 is 1.52 bits per heavy atom. The average molecular weight is 294 g/mol. The Morgan fingerprint density at radius 3 is 2.33 bits per heavy atom. The SMILES string of the molecule is C(OCC1CC2CC1C1CC(OCC3CO3)CC21)C1CO1. The van der Waals surface area contributed by atoms with Gasteiger partial charge in [-0.05, 0) is 55.3 Å². The smallest absolute Gasteiger partial charge is 0.104 e. The molecule has 5 rings (SSSR count). The normalized spacial score (nSPS) is 53.1. The van der Waals surface area contributed by atoms with E-state index in [0.717, 1.165) is 62.6 Å². The molecule has 5 fully saturated rings. The first kappa shape index (κ1) is 13.3. The summed E-state index contributed by atoms with van der Waals surface area (Å²) in [6, 6.07) is 0. The Morgan fingerprint density at radius 1 is 0.762 bits per heavy atom. The van der Waals surface area contributed by atoms with Gasteiger partial charge in [-0.25, -0.2) is 0 Å². The van der Waals surface area contributed by atoms with Crippen molar-refractivity contribution in [2.24, 2.45) is 29.6 Å². The van der Waals surface area contributed by atoms with Gasteiger partial charge in [0.1, 0.15) is 12.2 Å². The Hall–Kier alpha value is -0.160. The van der Waals surface area contributed by atoms with Crippen LogP contribution in [-0.2, 0) is 18.9 Å². The lowest BCUT2D eigenvalue weighted by Crippen LogP contribution is -2.27. The van der Waals surface area contributed by atoms with Crippen LogP contribution in [0.5, 0.6) is 0 Å². The molecule has 2 saturated heterocycles. The first-order chi connectivity index (χ1) is 10.4. The fourth-order valence-corrected chi connectivity index (χ4v) is 5.41. The summed E-state index contributed by atoms with van der Waals surface area (Å²) in [5.74, 6) is 4.53. The molecule has 2 bridgehead atoms. The monoisotopic (exact) mass is 294 g/mol. The number of hydrogen-bond donors (Lipinski definition) is 0. The number of epoxide rings is 2. The van der Waals surface area contributed by atoms with Crippen LogP contribution in [0.2, 0.25) is 0 Å². The average Bonchev–Trinajstić information content (AvgIpc) is 3.36. The highest BCUT2D eigenvalue weighted by Gasteiger charge is 2.56. The minimum absolute atomic E-state index is 0.408. The Kier molecular flexibility index (Phi) is 3.28. The van der Waals surface area contributed by atoms with Gasteiger partial charge >= 0.3 is 0 Å². The number of fused-ring (bicyclic) bond motifs is 5. The van der Waals surface area contributed by atoms with Crippen LogP contribution in [0.4, 0.5) is 0 Å². The summed E-state index contributed by atoms with van der Waals surface area (Å²) < 4.78 is 22.4. The highest BCUT2D eigenvalue weighted by atomic mass is 16.6. The third kappa shape index (κ3) is 2.65. The van der Waals surface area contributed by atoms with Gasteiger partial charge in [0.15, 0.2) is 0 Å². The molecular formula is C17H26O4. The van der Waals surface area contributed by atoms with E-state index in [1.54, 1.807) is 0 Å². The van der Waals surface area contributed by atoms with E-state index >= 15 is 0 Å². The van der Waals surface area contributed by atoms with Gasteiger partial charge < -0.3 is 18.9 Å². The minimum atomic E-state index is 0.408. The van der Waals surface area contributed by atoms with Gasteiger partial charge in [-0.2, -0.15) is 0 Å². The van der Waals surface area contributed by atoms with Crippen LogP contribution in [0, 0.1) is 29.6 Å². The van der Waals surface area contributed by atoms with Crippen LogP contribution in [0.1, 0.15) is 25.7 Å². The largest absolute Gasteiger partial charge is 0.378 e. The van der Waals surface area contributed by atoms with Gasteiger partial charge in [0.2, 0.25) is 0 Å². The molecule has 4 heteroatoms. The standard InChI is InChI=1S/C17H26O4/c1-10-2-15(11(1)5-18-6-13-7-20-13)17-4-12(3-16(10)17)19-8-14-9-21-14/h10-17H,1-9H2. The number of rotatable bonds is 7. The molecule has 8 unspecified atom stereocenters. The first-order valence-corrected chi connectivity index (χ1v) is 8.79. The van der Waals surface area contributed by atoms with E-state index in [9.17, 15) is 0 Å². The molecule has 2 aliphatic heterocycles. The van der Waals surface area contributed by atoms with Crippen molar-refractivity contribution in [3.63, 3.8) is 0 Å². The summed E-state index contributed by atoms with van der Waals surface area (Å²) in [6.45, 7) is 4.42. The van der Waals surface area contributed by atoms with E-state index in [4.69, 9.17) is 18.9 Å². The van der Waals surface area contributed by atoms with Gasteiger partial charge in [0.05, 0.1) is 32.5 Å². The van der Waals surface area contributed by atoms with Gasteiger partial charge in [-0.1, -0.05) is 0 Å². The Balaban J connectivity index is 1.13. The van der Waals surface area contributed by atoms with Crippen molar-refractivity contribution in [1.29, 1.82) is 0 Å². The Bertz CT molecular complexity index is 392. The maximum absolute atomic E-state index is 6.07. The molecule has 0 spiro atoms. The van der Waals surface area contributed by atoms with Crippen molar-refractivity contribution in [2.45, 2.75) is 44.0 Å². The second kappa shape index (κ2) is 5.19. The molecular weight excluding hydrogens is 268 g/mol. The Labute approximate surface area is 126 Å². The molecule has 118 valence electrons. The van der Waals surface area contributed by atoms with E-state index in [2.05, 4.69) is 0 Å². The summed E-state index contributed by atoms with van der Waals surface area (Å²) in [4.78, 5) is 0. The van der Waals surface area contributed by atoms with Crippen LogP contribution < -0.4 is 0 Å². The molecule has 2 heterocycles. The predicted octanol–water partition coefficient (Wildman–Crippen LogP) is 1.87. The van der Waals surface area contributed by atoms with Crippen LogP contribution in [0.25, 0.3) is 0 Å². The maximum Gasteiger partial charge on any atom is 0.104 e. The molecule has 3 saturated carbocycles. The second-order valence-corrected chi connectivity index (χ2v) is 7.86. The first-order valence-electron chi connectivity index (χ1n) is 8.79. The molecule has 0 aromatic carbocycles. The third-order valence-electron chi connectivity index (χ3n) is 6.52. The molecule has 21 heavy (non-hydrogen) atoms. The maximum atomic E-state index is 6.07. The quantitative estimate of drug-likeness (QED) is 0.672. The van der Waals surface area contributed by atoms with E-state index in [0.29, 0.717) is 18.3 Å². The topological polar surface area (TPSA) is 43.5 Å². The van der Waals surface area contributed by atoms with Crippen molar-refractivity contribution < 1.29 is 18.9 Å². The summed E-state index contributed by atoms with van der Waals surface area (Å²) in [7, 11) is 0. The van der Waals surface area contributed by atoms with E-state index in [-0.39, 0.29) is 0 Å². The molecule has 0 aromatic rings. The summed E-state index contributed by atoms with van der Waals surface area (Å²) in [6.07, 6.45) is 6.78. The minimum Gasteiger partial charge on any atom is -0.378 e. The van der Waals surface area contributed by atoms with Crippen molar-refractivity contribution in [3.8, 4) is 0 Å².